The van der Waals surface area contributed by atoms with Crippen LogP contribution in [-0.2, 0) is 14.3 Å². The number of rotatable bonds is 6. The minimum Gasteiger partial charge on any atom is -0.459 e. The van der Waals surface area contributed by atoms with Gasteiger partial charge in [-0.2, -0.15) is 5.26 Å². The van der Waals surface area contributed by atoms with Crippen molar-refractivity contribution in [2.75, 3.05) is 20.3 Å². The summed E-state index contributed by atoms with van der Waals surface area (Å²) in [7, 11) is 1.45. The second-order valence-corrected chi connectivity index (χ2v) is 3.61. The fourth-order valence-corrected chi connectivity index (χ4v) is 1.36. The molecule has 7 nitrogen and oxygen atoms in total. The first-order valence-corrected chi connectivity index (χ1v) is 5.61. The molecule has 0 saturated carbocycles. The number of hydrogen-bond acceptors (Lipinski definition) is 6. The second kappa shape index (κ2) is 7.66. The number of methoxy groups -OCH3 is 1. The van der Waals surface area contributed by atoms with Gasteiger partial charge in [-0.3, -0.25) is 10.1 Å². The maximum atomic E-state index is 11.6. The van der Waals surface area contributed by atoms with Crippen molar-refractivity contribution < 1.29 is 19.2 Å². The maximum Gasteiger partial charge on any atom is 0.348 e. The third-order valence-corrected chi connectivity index (χ3v) is 2.29. The number of hydrogen-bond donors (Lipinski definition) is 0. The lowest BCUT2D eigenvalue weighted by atomic mass is 10.1. The number of carbonyl (C=O) groups is 1. The molecule has 0 aliphatic rings. The van der Waals surface area contributed by atoms with Gasteiger partial charge in [-0.05, 0) is 12.1 Å². The van der Waals surface area contributed by atoms with E-state index in [1.807, 2.05) is 0 Å². The predicted octanol–water partition coefficient (Wildman–Crippen LogP) is 1.69. The Labute approximate surface area is 115 Å². The smallest absolute Gasteiger partial charge is 0.348 e. The van der Waals surface area contributed by atoms with E-state index >= 15 is 0 Å². The molecule has 20 heavy (non-hydrogen) atoms. The highest BCUT2D eigenvalue weighted by molar-refractivity contribution is 5.98. The molecule has 0 unspecified atom stereocenters. The van der Waals surface area contributed by atoms with E-state index in [-0.39, 0.29) is 30.0 Å². The van der Waals surface area contributed by atoms with Crippen LogP contribution < -0.4 is 0 Å². The van der Waals surface area contributed by atoms with Gasteiger partial charge in [0.1, 0.15) is 18.2 Å². The van der Waals surface area contributed by atoms with E-state index in [0.29, 0.717) is 0 Å². The number of para-hydroxylation sites is 1. The highest BCUT2D eigenvalue weighted by Gasteiger charge is 2.15. The molecule has 7 heteroatoms. The molecule has 0 amide bonds. The van der Waals surface area contributed by atoms with Crippen LogP contribution in [-0.4, -0.2) is 31.2 Å². The largest absolute Gasteiger partial charge is 0.459 e. The summed E-state index contributed by atoms with van der Waals surface area (Å²) < 4.78 is 9.49. The van der Waals surface area contributed by atoms with Crippen LogP contribution in [0, 0.1) is 21.4 Å². The van der Waals surface area contributed by atoms with E-state index in [4.69, 9.17) is 14.7 Å². The first-order valence-electron chi connectivity index (χ1n) is 5.61. The summed E-state index contributed by atoms with van der Waals surface area (Å²) in [5.74, 6) is -0.845. The molecule has 0 aliphatic heterocycles. The monoisotopic (exact) mass is 276 g/mol. The predicted molar refractivity (Wildman–Crippen MR) is 69.5 cm³/mol. The quantitative estimate of drug-likeness (QED) is 0.196. The standard InChI is InChI=1S/C13H12N2O5/c1-19-6-7-20-13(16)11(9-14)8-10-4-2-3-5-12(10)15(17)18/h2-5,8H,6-7H2,1H3. The Kier molecular flexibility index (Phi) is 5.87. The van der Waals surface area contributed by atoms with Gasteiger partial charge in [0.2, 0.25) is 0 Å². The molecule has 0 saturated heterocycles. The lowest BCUT2D eigenvalue weighted by Gasteiger charge is -2.03. The van der Waals surface area contributed by atoms with Crippen LogP contribution in [0.3, 0.4) is 0 Å². The van der Waals surface area contributed by atoms with Gasteiger partial charge in [0.25, 0.3) is 5.69 Å². The van der Waals surface area contributed by atoms with Gasteiger partial charge in [0.15, 0.2) is 0 Å². The molecule has 0 atom stereocenters. The second-order valence-electron chi connectivity index (χ2n) is 3.61. The number of esters is 1. The van der Waals surface area contributed by atoms with Crippen molar-refractivity contribution in [3.63, 3.8) is 0 Å². The molecule has 0 N–H and O–H groups in total. The Bertz CT molecular complexity index is 574. The summed E-state index contributed by atoms with van der Waals surface area (Å²) in [6.07, 6.45) is 1.13. The summed E-state index contributed by atoms with van der Waals surface area (Å²) >= 11 is 0. The number of benzene rings is 1. The van der Waals surface area contributed by atoms with E-state index < -0.39 is 10.9 Å². The van der Waals surface area contributed by atoms with Crippen LogP contribution in [0.5, 0.6) is 0 Å². The Morgan fingerprint density at radius 1 is 1.45 bits per heavy atom. The molecule has 0 radical (unpaired) electrons. The first kappa shape index (κ1) is 15.3. The van der Waals surface area contributed by atoms with Crippen molar-refractivity contribution >= 4 is 17.7 Å². The third kappa shape index (κ3) is 4.19. The van der Waals surface area contributed by atoms with Crippen LogP contribution >= 0.6 is 0 Å². The Morgan fingerprint density at radius 3 is 2.75 bits per heavy atom. The molecule has 0 heterocycles. The lowest BCUT2D eigenvalue weighted by Crippen LogP contribution is -2.11. The summed E-state index contributed by atoms with van der Waals surface area (Å²) in [6.45, 7) is 0.209. The van der Waals surface area contributed by atoms with Gasteiger partial charge in [0, 0.05) is 13.2 Å². The van der Waals surface area contributed by atoms with Gasteiger partial charge < -0.3 is 9.47 Å². The van der Waals surface area contributed by atoms with Crippen LogP contribution in [0.15, 0.2) is 29.8 Å². The first-order chi connectivity index (χ1) is 9.60. The normalized spacial score (nSPS) is 10.7. The Hall–Kier alpha value is -2.72. The van der Waals surface area contributed by atoms with Gasteiger partial charge in [-0.15, -0.1) is 0 Å². The number of ether oxygens (including phenoxy) is 2. The number of nitro benzene ring substituents is 1. The zero-order chi connectivity index (χ0) is 15.0. The Morgan fingerprint density at radius 2 is 2.15 bits per heavy atom. The third-order valence-electron chi connectivity index (χ3n) is 2.29. The summed E-state index contributed by atoms with van der Waals surface area (Å²) in [5.41, 5.74) is -0.335. The van der Waals surface area contributed by atoms with E-state index in [9.17, 15) is 14.9 Å². The zero-order valence-electron chi connectivity index (χ0n) is 10.7. The molecule has 0 aliphatic carbocycles. The molecule has 0 spiro atoms. The molecular formula is C13H12N2O5. The highest BCUT2D eigenvalue weighted by Crippen LogP contribution is 2.20. The molecule has 1 aromatic carbocycles. The van der Waals surface area contributed by atoms with Crippen molar-refractivity contribution in [2.45, 2.75) is 0 Å². The number of nitrogens with zero attached hydrogens (tertiary/aromatic N) is 2. The lowest BCUT2D eigenvalue weighted by molar-refractivity contribution is -0.385. The molecule has 0 bridgehead atoms. The number of carbonyl (C=O) groups excluding carboxylic acids is 1. The molecule has 1 rings (SSSR count). The highest BCUT2D eigenvalue weighted by atomic mass is 16.6. The SMILES string of the molecule is COCCOC(=O)C(C#N)=Cc1ccccc1[N+](=O)[O-]. The van der Waals surface area contributed by atoms with Crippen molar-refractivity contribution in [3.8, 4) is 6.07 Å². The van der Waals surface area contributed by atoms with E-state index in [0.717, 1.165) is 6.08 Å². The van der Waals surface area contributed by atoms with Crippen molar-refractivity contribution in [1.82, 2.24) is 0 Å². The maximum absolute atomic E-state index is 11.6. The van der Waals surface area contributed by atoms with Gasteiger partial charge in [-0.25, -0.2) is 4.79 Å². The zero-order valence-corrected chi connectivity index (χ0v) is 10.7. The van der Waals surface area contributed by atoms with Crippen LogP contribution in [0.25, 0.3) is 6.08 Å². The summed E-state index contributed by atoms with van der Waals surface area (Å²) in [5, 5.41) is 19.8. The van der Waals surface area contributed by atoms with Crippen molar-refractivity contribution in [2.24, 2.45) is 0 Å². The van der Waals surface area contributed by atoms with Crippen molar-refractivity contribution in [3.05, 3.63) is 45.5 Å². The van der Waals surface area contributed by atoms with E-state index in [2.05, 4.69) is 0 Å². The van der Waals surface area contributed by atoms with Gasteiger partial charge in [-0.1, -0.05) is 12.1 Å². The summed E-state index contributed by atoms with van der Waals surface area (Å²) in [6, 6.07) is 7.47. The molecule has 1 aromatic rings. The fourth-order valence-electron chi connectivity index (χ4n) is 1.36. The minimum absolute atomic E-state index is 0.00519. The molecule has 104 valence electrons. The fraction of sp³-hybridized carbons (Fsp3) is 0.231. The molecular weight excluding hydrogens is 264 g/mol. The summed E-state index contributed by atoms with van der Waals surface area (Å²) in [4.78, 5) is 21.8. The Balaban J connectivity index is 2.98. The van der Waals surface area contributed by atoms with Gasteiger partial charge in [0.05, 0.1) is 17.1 Å². The van der Waals surface area contributed by atoms with Crippen molar-refractivity contribution in [1.29, 1.82) is 5.26 Å². The van der Waals surface area contributed by atoms with E-state index in [1.165, 1.54) is 25.3 Å². The average Bonchev–Trinajstić information content (AvgIpc) is 2.45. The van der Waals surface area contributed by atoms with Gasteiger partial charge >= 0.3 is 5.97 Å². The molecule has 0 aromatic heterocycles. The average molecular weight is 276 g/mol. The number of nitro groups is 1. The molecule has 0 fully saturated rings. The van der Waals surface area contributed by atoms with Crippen LogP contribution in [0.1, 0.15) is 5.56 Å². The number of nitriles is 1. The topological polar surface area (TPSA) is 102 Å². The van der Waals surface area contributed by atoms with Crippen LogP contribution in [0.4, 0.5) is 5.69 Å². The van der Waals surface area contributed by atoms with Crippen LogP contribution in [0.2, 0.25) is 0 Å². The minimum atomic E-state index is -0.845. The van der Waals surface area contributed by atoms with E-state index in [1.54, 1.807) is 12.1 Å².